The largest absolute Gasteiger partial charge is 0.247 e. The average molecular weight is 265 g/mol. The lowest BCUT2D eigenvalue weighted by Crippen LogP contribution is -1.82. The first-order chi connectivity index (χ1) is 5.74. The molecule has 0 atom stereocenters. The zero-order valence-corrected chi connectivity index (χ0v) is 9.42. The predicted molar refractivity (Wildman–Crippen MR) is 57.9 cm³/mol. The van der Waals surface area contributed by atoms with Gasteiger partial charge in [0.1, 0.15) is 5.03 Å². The molecule has 0 aliphatic rings. The number of thioether (sulfide) groups is 1. The Bertz CT molecular complexity index is 290. The monoisotopic (exact) mass is 263 g/mol. The third-order valence-corrected chi connectivity index (χ3v) is 2.95. The van der Waals surface area contributed by atoms with E-state index in [0.29, 0.717) is 5.02 Å². The van der Waals surface area contributed by atoms with E-state index in [-0.39, 0.29) is 0 Å². The van der Waals surface area contributed by atoms with Crippen molar-refractivity contribution >= 4 is 39.3 Å². The summed E-state index contributed by atoms with van der Waals surface area (Å²) in [6.45, 7) is 3.62. The number of halogens is 2. The molecule has 0 fully saturated rings. The Kier molecular flexibility index (Phi) is 4.12. The normalized spacial score (nSPS) is 9.83. The quantitative estimate of drug-likeness (QED) is 0.609. The highest BCUT2D eigenvalue weighted by molar-refractivity contribution is 9.10. The van der Waals surface area contributed by atoms with Gasteiger partial charge in [-0.3, -0.25) is 0 Å². The van der Waals surface area contributed by atoms with Crippen molar-refractivity contribution in [3.05, 3.63) is 34.4 Å². The van der Waals surface area contributed by atoms with Crippen LogP contribution in [0.5, 0.6) is 0 Å². The second kappa shape index (κ2) is 4.90. The zero-order valence-electron chi connectivity index (χ0n) is 6.26. The third-order valence-electron chi connectivity index (χ3n) is 1.11. The number of hydrogen-bond acceptors (Lipinski definition) is 2. The van der Waals surface area contributed by atoms with Crippen LogP contribution in [-0.4, -0.2) is 10.7 Å². The summed E-state index contributed by atoms with van der Waals surface area (Å²) in [7, 11) is 0. The second-order valence-electron chi connectivity index (χ2n) is 2.04. The molecular weight excluding hydrogens is 258 g/mol. The fourth-order valence-electron chi connectivity index (χ4n) is 0.646. The number of rotatable bonds is 3. The fraction of sp³-hybridized carbons (Fsp3) is 0.125. The highest BCUT2D eigenvalue weighted by Crippen LogP contribution is 2.26. The van der Waals surface area contributed by atoms with Gasteiger partial charge in [-0.25, -0.2) is 4.98 Å². The topological polar surface area (TPSA) is 12.9 Å². The smallest absolute Gasteiger partial charge is 0.115 e. The molecule has 0 saturated carbocycles. The molecule has 1 aromatic rings. The standard InChI is InChI=1S/C8H7BrClNS/c1-2-3-12-8-7(10)4-6(9)5-11-8/h2,4-5H,1,3H2. The molecule has 0 aliphatic carbocycles. The molecule has 1 nitrogen and oxygen atoms in total. The minimum absolute atomic E-state index is 0.677. The van der Waals surface area contributed by atoms with Crippen molar-refractivity contribution in [2.75, 3.05) is 5.75 Å². The molecule has 0 saturated heterocycles. The van der Waals surface area contributed by atoms with Gasteiger partial charge in [-0.1, -0.05) is 17.7 Å². The van der Waals surface area contributed by atoms with Crippen molar-refractivity contribution in [3.8, 4) is 0 Å². The minimum atomic E-state index is 0.677. The van der Waals surface area contributed by atoms with Crippen LogP contribution in [0.25, 0.3) is 0 Å². The number of pyridine rings is 1. The van der Waals surface area contributed by atoms with Gasteiger partial charge in [0.05, 0.1) is 5.02 Å². The molecule has 4 heteroatoms. The fourth-order valence-corrected chi connectivity index (χ4v) is 2.04. The predicted octanol–water partition coefficient (Wildman–Crippen LogP) is 3.78. The molecule has 1 rings (SSSR count). The van der Waals surface area contributed by atoms with E-state index in [1.54, 1.807) is 18.0 Å². The van der Waals surface area contributed by atoms with Gasteiger partial charge in [0.25, 0.3) is 0 Å². The molecule has 12 heavy (non-hydrogen) atoms. The van der Waals surface area contributed by atoms with E-state index in [1.807, 2.05) is 12.1 Å². The van der Waals surface area contributed by atoms with Crippen LogP contribution >= 0.6 is 39.3 Å². The van der Waals surface area contributed by atoms with Crippen LogP contribution < -0.4 is 0 Å². The van der Waals surface area contributed by atoms with E-state index in [1.165, 1.54) is 0 Å². The van der Waals surface area contributed by atoms with Gasteiger partial charge in [0.2, 0.25) is 0 Å². The molecule has 0 aliphatic heterocycles. The minimum Gasteiger partial charge on any atom is -0.247 e. The Morgan fingerprint density at radius 2 is 2.50 bits per heavy atom. The molecule has 1 aromatic heterocycles. The maximum atomic E-state index is 5.92. The molecule has 1 heterocycles. The van der Waals surface area contributed by atoms with E-state index in [2.05, 4.69) is 27.5 Å². The molecule has 64 valence electrons. The van der Waals surface area contributed by atoms with Gasteiger partial charge in [-0.2, -0.15) is 0 Å². The first kappa shape index (κ1) is 10.1. The molecule has 0 radical (unpaired) electrons. The van der Waals surface area contributed by atoms with Crippen molar-refractivity contribution in [2.45, 2.75) is 5.03 Å². The van der Waals surface area contributed by atoms with E-state index >= 15 is 0 Å². The van der Waals surface area contributed by atoms with E-state index in [9.17, 15) is 0 Å². The van der Waals surface area contributed by atoms with Crippen molar-refractivity contribution in [1.82, 2.24) is 4.98 Å². The van der Waals surface area contributed by atoms with Gasteiger partial charge in [-0.15, -0.1) is 18.3 Å². The highest BCUT2D eigenvalue weighted by Gasteiger charge is 2.01. The Hall–Kier alpha value is 0.01000. The summed E-state index contributed by atoms with van der Waals surface area (Å²) in [4.78, 5) is 4.15. The van der Waals surface area contributed by atoms with Crippen molar-refractivity contribution < 1.29 is 0 Å². The number of nitrogens with zero attached hydrogens (tertiary/aromatic N) is 1. The Morgan fingerprint density at radius 3 is 3.08 bits per heavy atom. The summed E-state index contributed by atoms with van der Waals surface area (Å²) in [5.74, 6) is 0.828. The molecule has 0 aromatic carbocycles. The SMILES string of the molecule is C=CCSc1ncc(Br)cc1Cl. The van der Waals surface area contributed by atoms with Crippen LogP contribution in [0.1, 0.15) is 0 Å². The Labute approximate surface area is 89.4 Å². The van der Waals surface area contributed by atoms with Crippen molar-refractivity contribution in [3.63, 3.8) is 0 Å². The van der Waals surface area contributed by atoms with Gasteiger partial charge >= 0.3 is 0 Å². The molecule has 0 N–H and O–H groups in total. The summed E-state index contributed by atoms with van der Waals surface area (Å²) in [6, 6.07) is 1.83. The third kappa shape index (κ3) is 2.81. The molecule has 0 unspecified atom stereocenters. The molecular formula is C8H7BrClNS. The van der Waals surface area contributed by atoms with Crippen LogP contribution in [0.4, 0.5) is 0 Å². The maximum absolute atomic E-state index is 5.92. The number of hydrogen-bond donors (Lipinski definition) is 0. The van der Waals surface area contributed by atoms with Crippen LogP contribution in [0.3, 0.4) is 0 Å². The van der Waals surface area contributed by atoms with Gasteiger partial charge in [0, 0.05) is 16.4 Å². The second-order valence-corrected chi connectivity index (χ2v) is 4.37. The van der Waals surface area contributed by atoms with Gasteiger partial charge in [-0.05, 0) is 22.0 Å². The summed E-state index contributed by atoms with van der Waals surface area (Å²) in [6.07, 6.45) is 3.56. The first-order valence-corrected chi connectivity index (χ1v) is 5.44. The Morgan fingerprint density at radius 1 is 1.75 bits per heavy atom. The molecule has 0 amide bonds. The Balaban J connectivity index is 2.78. The number of aromatic nitrogens is 1. The summed E-state index contributed by atoms with van der Waals surface area (Å²) < 4.78 is 0.899. The van der Waals surface area contributed by atoms with E-state index < -0.39 is 0 Å². The highest BCUT2D eigenvalue weighted by atomic mass is 79.9. The molecule has 0 bridgehead atoms. The van der Waals surface area contributed by atoms with Crippen LogP contribution in [0.2, 0.25) is 5.02 Å². The van der Waals surface area contributed by atoms with Crippen molar-refractivity contribution in [2.24, 2.45) is 0 Å². The first-order valence-electron chi connectivity index (χ1n) is 3.29. The lowest BCUT2D eigenvalue weighted by atomic mass is 10.5. The van der Waals surface area contributed by atoms with Crippen molar-refractivity contribution in [1.29, 1.82) is 0 Å². The zero-order chi connectivity index (χ0) is 8.97. The van der Waals surface area contributed by atoms with Crippen LogP contribution in [-0.2, 0) is 0 Å². The maximum Gasteiger partial charge on any atom is 0.115 e. The lowest BCUT2D eigenvalue weighted by Gasteiger charge is -2.00. The summed E-state index contributed by atoms with van der Waals surface area (Å²) in [5, 5.41) is 1.52. The summed E-state index contributed by atoms with van der Waals surface area (Å²) in [5.41, 5.74) is 0. The average Bonchev–Trinajstić information content (AvgIpc) is 2.03. The van der Waals surface area contributed by atoms with E-state index in [4.69, 9.17) is 11.6 Å². The van der Waals surface area contributed by atoms with Gasteiger partial charge in [0.15, 0.2) is 0 Å². The van der Waals surface area contributed by atoms with E-state index in [0.717, 1.165) is 15.3 Å². The van der Waals surface area contributed by atoms with Crippen LogP contribution in [0.15, 0.2) is 34.4 Å². The van der Waals surface area contributed by atoms with Gasteiger partial charge < -0.3 is 0 Å². The summed E-state index contributed by atoms with van der Waals surface area (Å²) >= 11 is 10.8. The lowest BCUT2D eigenvalue weighted by molar-refractivity contribution is 1.13. The molecule has 0 spiro atoms. The van der Waals surface area contributed by atoms with Crippen LogP contribution in [0, 0.1) is 0 Å².